The molecule has 0 aliphatic rings. The molecular formula is C28H26FN3O2. The number of aryl methyl sites for hydroxylation is 1. The smallest absolute Gasteiger partial charge is 0.326 e. The molecule has 172 valence electrons. The maximum Gasteiger partial charge on any atom is 0.326 e. The number of rotatable bonds is 7. The van der Waals surface area contributed by atoms with Crippen molar-refractivity contribution in [2.24, 2.45) is 0 Å². The molecule has 0 aliphatic heterocycles. The van der Waals surface area contributed by atoms with Gasteiger partial charge in [0, 0.05) is 30.0 Å². The largest absolute Gasteiger partial charge is 0.352 e. The van der Waals surface area contributed by atoms with Gasteiger partial charge in [0.2, 0.25) is 0 Å². The van der Waals surface area contributed by atoms with Crippen LogP contribution in [-0.4, -0.2) is 25.0 Å². The molecule has 0 aliphatic carbocycles. The van der Waals surface area contributed by atoms with E-state index in [0.717, 1.165) is 16.3 Å². The monoisotopic (exact) mass is 455 g/mol. The third kappa shape index (κ3) is 5.78. The maximum absolute atomic E-state index is 13.4. The van der Waals surface area contributed by atoms with Gasteiger partial charge >= 0.3 is 6.03 Å². The van der Waals surface area contributed by atoms with E-state index in [1.54, 1.807) is 23.1 Å². The van der Waals surface area contributed by atoms with E-state index in [2.05, 4.69) is 10.6 Å². The van der Waals surface area contributed by atoms with Gasteiger partial charge in [0.25, 0.3) is 5.91 Å². The first-order valence-electron chi connectivity index (χ1n) is 11.2. The number of amides is 3. The predicted octanol–water partition coefficient (Wildman–Crippen LogP) is 6.15. The second-order valence-corrected chi connectivity index (χ2v) is 8.10. The van der Waals surface area contributed by atoms with Crippen LogP contribution in [0.5, 0.6) is 0 Å². The van der Waals surface area contributed by atoms with E-state index >= 15 is 0 Å². The third-order valence-corrected chi connectivity index (χ3v) is 5.51. The minimum atomic E-state index is -0.370. The number of halogens is 1. The molecule has 0 fully saturated rings. The van der Waals surface area contributed by atoms with Crippen LogP contribution >= 0.6 is 0 Å². The standard InChI is InChI=1S/C28H26FN3O2/c1-20-6-4-9-25(18-20)31-28(34)32(26-14-12-24(29)13-15-26)17-5-16-30-27(33)23-11-10-21-7-2-3-8-22(21)19-23/h2-4,6-15,18-19H,5,16-17H2,1H3,(H,30,33)(H,31,34). The number of urea groups is 1. The summed E-state index contributed by atoms with van der Waals surface area (Å²) in [4.78, 5) is 27.2. The topological polar surface area (TPSA) is 61.4 Å². The molecule has 4 aromatic rings. The maximum atomic E-state index is 13.4. The average molecular weight is 456 g/mol. The Morgan fingerprint density at radius 3 is 2.38 bits per heavy atom. The van der Waals surface area contributed by atoms with E-state index in [-0.39, 0.29) is 17.8 Å². The fourth-order valence-corrected chi connectivity index (χ4v) is 3.75. The van der Waals surface area contributed by atoms with Crippen molar-refractivity contribution < 1.29 is 14.0 Å². The summed E-state index contributed by atoms with van der Waals surface area (Å²) in [5.74, 6) is -0.534. The molecule has 0 unspecified atom stereocenters. The average Bonchev–Trinajstić information content (AvgIpc) is 2.84. The highest BCUT2D eigenvalue weighted by Gasteiger charge is 2.16. The lowest BCUT2D eigenvalue weighted by Crippen LogP contribution is -2.37. The van der Waals surface area contributed by atoms with E-state index in [4.69, 9.17) is 0 Å². The molecule has 34 heavy (non-hydrogen) atoms. The van der Waals surface area contributed by atoms with Crippen LogP contribution in [0.15, 0.2) is 91.0 Å². The number of nitrogens with zero attached hydrogens (tertiary/aromatic N) is 1. The molecule has 4 aromatic carbocycles. The number of carbonyl (C=O) groups excluding carboxylic acids is 2. The Balaban J connectivity index is 1.39. The van der Waals surface area contributed by atoms with Crippen LogP contribution in [0.2, 0.25) is 0 Å². The van der Waals surface area contributed by atoms with E-state index in [1.165, 1.54) is 12.1 Å². The number of nitrogens with one attached hydrogen (secondary N) is 2. The Labute approximate surface area is 198 Å². The van der Waals surface area contributed by atoms with Gasteiger partial charge in [-0.3, -0.25) is 9.69 Å². The molecule has 4 rings (SSSR count). The summed E-state index contributed by atoms with van der Waals surface area (Å²) in [5.41, 5.74) is 2.88. The molecule has 0 radical (unpaired) electrons. The fraction of sp³-hybridized carbons (Fsp3) is 0.143. The highest BCUT2D eigenvalue weighted by Crippen LogP contribution is 2.19. The summed E-state index contributed by atoms with van der Waals surface area (Å²) in [5, 5.41) is 7.90. The number of hydrogen-bond donors (Lipinski definition) is 2. The van der Waals surface area contributed by atoms with Crippen molar-refractivity contribution in [1.82, 2.24) is 5.32 Å². The van der Waals surface area contributed by atoms with Crippen LogP contribution in [0.1, 0.15) is 22.3 Å². The van der Waals surface area contributed by atoms with Crippen molar-refractivity contribution in [2.45, 2.75) is 13.3 Å². The first kappa shape index (κ1) is 23.0. The van der Waals surface area contributed by atoms with Gasteiger partial charge in [-0.05, 0) is 78.2 Å². The van der Waals surface area contributed by atoms with E-state index in [9.17, 15) is 14.0 Å². The zero-order valence-electron chi connectivity index (χ0n) is 18.9. The minimum absolute atomic E-state index is 0.164. The van der Waals surface area contributed by atoms with Gasteiger partial charge in [0.05, 0.1) is 0 Å². The predicted molar refractivity (Wildman–Crippen MR) is 135 cm³/mol. The van der Waals surface area contributed by atoms with Gasteiger partial charge in [0.1, 0.15) is 5.82 Å². The molecule has 3 amide bonds. The van der Waals surface area contributed by atoms with Gasteiger partial charge < -0.3 is 10.6 Å². The number of hydrogen-bond acceptors (Lipinski definition) is 2. The minimum Gasteiger partial charge on any atom is -0.352 e. The highest BCUT2D eigenvalue weighted by molar-refractivity contribution is 6.02. The Morgan fingerprint density at radius 1 is 0.853 bits per heavy atom. The summed E-state index contributed by atoms with van der Waals surface area (Å²) >= 11 is 0. The van der Waals surface area contributed by atoms with Crippen LogP contribution < -0.4 is 15.5 Å². The second-order valence-electron chi connectivity index (χ2n) is 8.10. The number of anilines is 2. The van der Waals surface area contributed by atoms with Gasteiger partial charge in [0.15, 0.2) is 0 Å². The van der Waals surface area contributed by atoms with Crippen LogP contribution in [0.3, 0.4) is 0 Å². The second kappa shape index (κ2) is 10.6. The molecule has 0 spiro atoms. The van der Waals surface area contributed by atoms with Gasteiger partial charge in [-0.25, -0.2) is 9.18 Å². The quantitative estimate of drug-likeness (QED) is 0.329. The summed E-state index contributed by atoms with van der Waals surface area (Å²) < 4.78 is 13.4. The summed E-state index contributed by atoms with van der Waals surface area (Å²) in [7, 11) is 0. The fourth-order valence-electron chi connectivity index (χ4n) is 3.75. The summed E-state index contributed by atoms with van der Waals surface area (Å²) in [6.07, 6.45) is 0.526. The van der Waals surface area contributed by atoms with Crippen molar-refractivity contribution in [3.05, 3.63) is 108 Å². The van der Waals surface area contributed by atoms with Crippen molar-refractivity contribution in [2.75, 3.05) is 23.3 Å². The van der Waals surface area contributed by atoms with Crippen molar-refractivity contribution in [3.8, 4) is 0 Å². The van der Waals surface area contributed by atoms with Gasteiger partial charge in [-0.15, -0.1) is 0 Å². The molecule has 5 nitrogen and oxygen atoms in total. The Hall–Kier alpha value is -4.19. The first-order chi connectivity index (χ1) is 16.5. The van der Waals surface area contributed by atoms with Crippen LogP contribution in [-0.2, 0) is 0 Å². The van der Waals surface area contributed by atoms with E-state index in [0.29, 0.717) is 36.4 Å². The van der Waals surface area contributed by atoms with E-state index in [1.807, 2.05) is 67.6 Å². The zero-order valence-corrected chi connectivity index (χ0v) is 18.9. The first-order valence-corrected chi connectivity index (χ1v) is 11.2. The van der Waals surface area contributed by atoms with Crippen molar-refractivity contribution in [3.63, 3.8) is 0 Å². The number of benzene rings is 4. The highest BCUT2D eigenvalue weighted by atomic mass is 19.1. The van der Waals surface area contributed by atoms with Crippen LogP contribution in [0, 0.1) is 12.7 Å². The molecule has 0 saturated heterocycles. The number of fused-ring (bicyclic) bond motifs is 1. The Bertz CT molecular complexity index is 1300. The lowest BCUT2D eigenvalue weighted by Gasteiger charge is -2.23. The molecular weight excluding hydrogens is 429 g/mol. The van der Waals surface area contributed by atoms with Crippen molar-refractivity contribution >= 4 is 34.1 Å². The van der Waals surface area contributed by atoms with Gasteiger partial charge in [-0.2, -0.15) is 0 Å². The molecule has 2 N–H and O–H groups in total. The molecule has 0 atom stereocenters. The Kier molecular flexibility index (Phi) is 7.18. The van der Waals surface area contributed by atoms with Crippen molar-refractivity contribution in [1.29, 1.82) is 0 Å². The lowest BCUT2D eigenvalue weighted by molar-refractivity contribution is 0.0953. The molecule has 0 aromatic heterocycles. The molecule has 0 bridgehead atoms. The van der Waals surface area contributed by atoms with Crippen LogP contribution in [0.4, 0.5) is 20.6 Å². The SMILES string of the molecule is Cc1cccc(NC(=O)N(CCCNC(=O)c2ccc3ccccc3c2)c2ccc(F)cc2)c1. The van der Waals surface area contributed by atoms with E-state index < -0.39 is 0 Å². The van der Waals surface area contributed by atoms with Crippen LogP contribution in [0.25, 0.3) is 10.8 Å². The molecule has 0 saturated carbocycles. The molecule has 0 heterocycles. The zero-order chi connectivity index (χ0) is 23.9. The normalized spacial score (nSPS) is 10.6. The Morgan fingerprint density at radius 2 is 1.62 bits per heavy atom. The van der Waals surface area contributed by atoms with Gasteiger partial charge in [-0.1, -0.05) is 42.5 Å². The summed E-state index contributed by atoms with van der Waals surface area (Å²) in [6, 6.07) is 26.5. The third-order valence-electron chi connectivity index (χ3n) is 5.51. The number of carbonyl (C=O) groups is 2. The lowest BCUT2D eigenvalue weighted by atomic mass is 10.1. The molecule has 6 heteroatoms. The summed E-state index contributed by atoms with van der Waals surface area (Å²) in [6.45, 7) is 2.69.